The lowest BCUT2D eigenvalue weighted by Crippen LogP contribution is -2.58. The maximum atomic E-state index is 12.6. The van der Waals surface area contributed by atoms with Crippen molar-refractivity contribution >= 4 is 11.8 Å². The topological polar surface area (TPSA) is 53.5 Å². The molecule has 2 amide bonds. The van der Waals surface area contributed by atoms with Crippen molar-refractivity contribution in [3.63, 3.8) is 0 Å². The van der Waals surface area contributed by atoms with Crippen LogP contribution in [0.2, 0.25) is 0 Å². The maximum Gasteiger partial charge on any atom is 0.245 e. The first-order chi connectivity index (χ1) is 11.6. The van der Waals surface area contributed by atoms with Crippen LogP contribution in [0.15, 0.2) is 54.7 Å². The minimum atomic E-state index is -0.455. The molecule has 124 valence electrons. The number of piperazine rings is 1. The monoisotopic (exact) mass is 323 g/mol. The first kappa shape index (κ1) is 16.2. The summed E-state index contributed by atoms with van der Waals surface area (Å²) in [5.74, 6) is -0.0257. The molecule has 1 aromatic carbocycles. The molecule has 3 rings (SSSR count). The molecule has 1 atom stereocenters. The van der Waals surface area contributed by atoms with Crippen LogP contribution in [0.4, 0.5) is 0 Å². The van der Waals surface area contributed by atoms with E-state index in [4.69, 9.17) is 0 Å². The molecular weight excluding hydrogens is 302 g/mol. The molecule has 0 aliphatic carbocycles. The van der Waals surface area contributed by atoms with Crippen LogP contribution in [0, 0.1) is 0 Å². The standard InChI is InChI=1S/C19H21N3O2/c1-15-19(24)21(12-10-16-7-3-2-4-8-16)14-18(23)22(15)13-17-9-5-6-11-20-17/h2-9,11,15H,10,12-14H2,1H3/t15-/m0/s1. The van der Waals surface area contributed by atoms with E-state index in [0.29, 0.717) is 13.1 Å². The van der Waals surface area contributed by atoms with Crippen LogP contribution < -0.4 is 0 Å². The number of carbonyl (C=O) groups excluding carboxylic acids is 2. The number of pyridine rings is 1. The molecule has 0 saturated carbocycles. The number of benzene rings is 1. The Morgan fingerprint density at radius 1 is 1.08 bits per heavy atom. The molecule has 24 heavy (non-hydrogen) atoms. The fraction of sp³-hybridized carbons (Fsp3) is 0.316. The second-order valence-electron chi connectivity index (χ2n) is 6.01. The Kier molecular flexibility index (Phi) is 4.89. The summed E-state index contributed by atoms with van der Waals surface area (Å²) in [5, 5.41) is 0. The lowest BCUT2D eigenvalue weighted by molar-refractivity contribution is -0.155. The van der Waals surface area contributed by atoms with E-state index < -0.39 is 6.04 Å². The summed E-state index contributed by atoms with van der Waals surface area (Å²) in [4.78, 5) is 32.6. The fourth-order valence-corrected chi connectivity index (χ4v) is 2.93. The van der Waals surface area contributed by atoms with Crippen molar-refractivity contribution in [2.24, 2.45) is 0 Å². The Labute approximate surface area is 141 Å². The van der Waals surface area contributed by atoms with Gasteiger partial charge in [-0.05, 0) is 31.0 Å². The molecule has 2 aromatic rings. The molecule has 2 heterocycles. The Morgan fingerprint density at radius 2 is 1.83 bits per heavy atom. The Bertz CT molecular complexity index is 699. The summed E-state index contributed by atoms with van der Waals surface area (Å²) >= 11 is 0. The zero-order valence-corrected chi connectivity index (χ0v) is 13.8. The fourth-order valence-electron chi connectivity index (χ4n) is 2.93. The predicted molar refractivity (Wildman–Crippen MR) is 91.0 cm³/mol. The van der Waals surface area contributed by atoms with Crippen LogP contribution in [-0.2, 0) is 22.6 Å². The van der Waals surface area contributed by atoms with E-state index in [1.165, 1.54) is 5.56 Å². The van der Waals surface area contributed by atoms with Gasteiger partial charge in [-0.3, -0.25) is 14.6 Å². The summed E-state index contributed by atoms with van der Waals surface area (Å²) in [6.45, 7) is 2.87. The first-order valence-corrected chi connectivity index (χ1v) is 8.17. The van der Waals surface area contributed by atoms with Crippen LogP contribution in [0.5, 0.6) is 0 Å². The molecule has 0 spiro atoms. The van der Waals surface area contributed by atoms with Crippen LogP contribution in [0.3, 0.4) is 0 Å². The Hall–Kier alpha value is -2.69. The normalized spacial score (nSPS) is 18.1. The average molecular weight is 323 g/mol. The molecule has 0 N–H and O–H groups in total. The number of nitrogens with zero attached hydrogens (tertiary/aromatic N) is 3. The van der Waals surface area contributed by atoms with Gasteiger partial charge in [0.1, 0.15) is 6.04 Å². The van der Waals surface area contributed by atoms with Gasteiger partial charge in [0.05, 0.1) is 18.8 Å². The minimum absolute atomic E-state index is 0.00135. The number of rotatable bonds is 5. The smallest absolute Gasteiger partial charge is 0.245 e. The van der Waals surface area contributed by atoms with E-state index in [1.807, 2.05) is 48.5 Å². The third-order valence-corrected chi connectivity index (χ3v) is 4.35. The molecule has 0 bridgehead atoms. The summed E-state index contributed by atoms with van der Waals surface area (Å²) in [7, 11) is 0. The molecule has 1 aromatic heterocycles. The van der Waals surface area contributed by atoms with Gasteiger partial charge in [0.2, 0.25) is 11.8 Å². The molecule has 1 saturated heterocycles. The summed E-state index contributed by atoms with van der Waals surface area (Å²) in [6, 6.07) is 15.1. The lowest BCUT2D eigenvalue weighted by atomic mass is 10.1. The minimum Gasteiger partial charge on any atom is -0.331 e. The van der Waals surface area contributed by atoms with E-state index in [0.717, 1.165) is 12.1 Å². The van der Waals surface area contributed by atoms with Crippen molar-refractivity contribution in [1.29, 1.82) is 0 Å². The van der Waals surface area contributed by atoms with Gasteiger partial charge in [-0.15, -0.1) is 0 Å². The van der Waals surface area contributed by atoms with Gasteiger partial charge >= 0.3 is 0 Å². The highest BCUT2D eigenvalue weighted by atomic mass is 16.2. The molecule has 5 heteroatoms. The molecule has 1 fully saturated rings. The molecule has 1 aliphatic heterocycles. The van der Waals surface area contributed by atoms with E-state index in [2.05, 4.69) is 4.98 Å². The Balaban J connectivity index is 1.63. The number of amides is 2. The SMILES string of the molecule is C[C@H]1C(=O)N(CCc2ccccc2)CC(=O)N1Cc1ccccn1. The summed E-state index contributed by atoms with van der Waals surface area (Å²) < 4.78 is 0. The van der Waals surface area contributed by atoms with Gasteiger partial charge in [0, 0.05) is 12.7 Å². The molecule has 1 aliphatic rings. The number of hydrogen-bond donors (Lipinski definition) is 0. The van der Waals surface area contributed by atoms with Gasteiger partial charge in [-0.25, -0.2) is 0 Å². The van der Waals surface area contributed by atoms with Crippen LogP contribution in [-0.4, -0.2) is 45.7 Å². The van der Waals surface area contributed by atoms with E-state index in [-0.39, 0.29) is 18.4 Å². The number of carbonyl (C=O) groups is 2. The first-order valence-electron chi connectivity index (χ1n) is 8.17. The van der Waals surface area contributed by atoms with E-state index in [9.17, 15) is 9.59 Å². The maximum absolute atomic E-state index is 12.6. The summed E-state index contributed by atoms with van der Waals surface area (Å²) in [6.07, 6.45) is 2.45. The summed E-state index contributed by atoms with van der Waals surface area (Å²) in [5.41, 5.74) is 1.96. The van der Waals surface area contributed by atoms with E-state index >= 15 is 0 Å². The molecule has 0 radical (unpaired) electrons. The quantitative estimate of drug-likeness (QED) is 0.844. The van der Waals surface area contributed by atoms with Crippen LogP contribution in [0.1, 0.15) is 18.2 Å². The van der Waals surface area contributed by atoms with Crippen LogP contribution in [0.25, 0.3) is 0 Å². The van der Waals surface area contributed by atoms with Crippen molar-refractivity contribution in [2.45, 2.75) is 25.9 Å². The third kappa shape index (κ3) is 3.62. The second kappa shape index (κ2) is 7.25. The highest BCUT2D eigenvalue weighted by molar-refractivity contribution is 5.94. The lowest BCUT2D eigenvalue weighted by Gasteiger charge is -2.38. The largest absolute Gasteiger partial charge is 0.331 e. The van der Waals surface area contributed by atoms with Gasteiger partial charge in [-0.1, -0.05) is 36.4 Å². The van der Waals surface area contributed by atoms with Gasteiger partial charge in [0.15, 0.2) is 0 Å². The average Bonchev–Trinajstić information content (AvgIpc) is 2.62. The second-order valence-corrected chi connectivity index (χ2v) is 6.01. The number of aromatic nitrogens is 1. The molecule has 0 unspecified atom stereocenters. The van der Waals surface area contributed by atoms with Crippen molar-refractivity contribution in [3.8, 4) is 0 Å². The van der Waals surface area contributed by atoms with Crippen molar-refractivity contribution in [3.05, 3.63) is 66.0 Å². The number of hydrogen-bond acceptors (Lipinski definition) is 3. The van der Waals surface area contributed by atoms with Crippen molar-refractivity contribution in [1.82, 2.24) is 14.8 Å². The predicted octanol–water partition coefficient (Wildman–Crippen LogP) is 1.88. The zero-order chi connectivity index (χ0) is 16.9. The molecule has 5 nitrogen and oxygen atoms in total. The van der Waals surface area contributed by atoms with Gasteiger partial charge in [-0.2, -0.15) is 0 Å². The van der Waals surface area contributed by atoms with Crippen LogP contribution >= 0.6 is 0 Å². The van der Waals surface area contributed by atoms with E-state index in [1.54, 1.807) is 22.9 Å². The van der Waals surface area contributed by atoms with Crippen molar-refractivity contribution in [2.75, 3.05) is 13.1 Å². The highest BCUT2D eigenvalue weighted by Gasteiger charge is 2.36. The van der Waals surface area contributed by atoms with Gasteiger partial charge in [0.25, 0.3) is 0 Å². The zero-order valence-electron chi connectivity index (χ0n) is 13.8. The van der Waals surface area contributed by atoms with Gasteiger partial charge < -0.3 is 9.80 Å². The van der Waals surface area contributed by atoms with Crippen molar-refractivity contribution < 1.29 is 9.59 Å². The molecular formula is C19H21N3O2. The third-order valence-electron chi connectivity index (χ3n) is 4.35. The Morgan fingerprint density at radius 3 is 2.54 bits per heavy atom. The highest BCUT2D eigenvalue weighted by Crippen LogP contribution is 2.16.